The van der Waals surface area contributed by atoms with E-state index in [9.17, 15) is 18.0 Å². The number of nitrogens with zero attached hydrogens (tertiary/aromatic N) is 2. The van der Waals surface area contributed by atoms with Crippen molar-refractivity contribution in [3.63, 3.8) is 0 Å². The largest absolute Gasteiger partial charge is 0.467 e. The van der Waals surface area contributed by atoms with Crippen LogP contribution in [0.15, 0.2) is 41.1 Å². The Hall–Kier alpha value is -2.02. The number of amides is 1. The number of aromatic nitrogens is 1. The highest BCUT2D eigenvalue weighted by Crippen LogP contribution is 2.20. The Balaban J connectivity index is 2.23. The van der Waals surface area contributed by atoms with Crippen LogP contribution in [-0.4, -0.2) is 28.5 Å². The van der Waals surface area contributed by atoms with Crippen molar-refractivity contribution in [1.29, 1.82) is 0 Å². The van der Waals surface area contributed by atoms with Gasteiger partial charge in [-0.25, -0.2) is 4.98 Å². The van der Waals surface area contributed by atoms with Crippen LogP contribution in [0.1, 0.15) is 16.1 Å². The second-order valence-corrected chi connectivity index (χ2v) is 4.61. The molecule has 0 atom stereocenters. The lowest BCUT2D eigenvalue weighted by Crippen LogP contribution is -2.38. The molecule has 0 bridgehead atoms. The van der Waals surface area contributed by atoms with Crippen LogP contribution in [-0.2, 0) is 6.54 Å². The summed E-state index contributed by atoms with van der Waals surface area (Å²) < 4.78 is 42.9. The zero-order chi connectivity index (χ0) is 15.5. The lowest BCUT2D eigenvalue weighted by molar-refractivity contribution is -0.142. The summed E-state index contributed by atoms with van der Waals surface area (Å²) in [6.45, 7) is -1.67. The van der Waals surface area contributed by atoms with Gasteiger partial charge in [-0.2, -0.15) is 13.2 Å². The van der Waals surface area contributed by atoms with Crippen molar-refractivity contribution < 1.29 is 22.4 Å². The zero-order valence-corrected chi connectivity index (χ0v) is 11.4. The topological polar surface area (TPSA) is 46.3 Å². The number of alkyl halides is 3. The molecule has 0 saturated heterocycles. The summed E-state index contributed by atoms with van der Waals surface area (Å²) in [5.41, 5.74) is 0.0332. The second kappa shape index (κ2) is 6.17. The predicted molar refractivity (Wildman–Crippen MR) is 68.8 cm³/mol. The standard InChI is InChI=1S/C13H10ClF3N2O2/c14-11-6-9(3-4-18-11)12(20)19(8-13(15,16)17)7-10-2-1-5-21-10/h1-6H,7-8H2. The van der Waals surface area contributed by atoms with Crippen molar-refractivity contribution in [3.8, 4) is 0 Å². The zero-order valence-electron chi connectivity index (χ0n) is 10.6. The Kier molecular flexibility index (Phi) is 4.52. The highest BCUT2D eigenvalue weighted by atomic mass is 35.5. The highest BCUT2D eigenvalue weighted by molar-refractivity contribution is 6.29. The van der Waals surface area contributed by atoms with E-state index in [1.807, 2.05) is 0 Å². The van der Waals surface area contributed by atoms with Crippen LogP contribution in [0.5, 0.6) is 0 Å². The molecule has 0 saturated carbocycles. The highest BCUT2D eigenvalue weighted by Gasteiger charge is 2.33. The van der Waals surface area contributed by atoms with Crippen LogP contribution in [0, 0.1) is 0 Å². The summed E-state index contributed by atoms with van der Waals surface area (Å²) in [7, 11) is 0. The summed E-state index contributed by atoms with van der Waals surface area (Å²) in [4.78, 5) is 16.5. The van der Waals surface area contributed by atoms with Gasteiger partial charge in [-0.15, -0.1) is 0 Å². The molecule has 0 spiro atoms. The third-order valence-electron chi connectivity index (χ3n) is 2.56. The molecule has 0 aromatic carbocycles. The third kappa shape index (κ3) is 4.49. The van der Waals surface area contributed by atoms with Crippen molar-refractivity contribution >= 4 is 17.5 Å². The number of carbonyl (C=O) groups is 1. The Morgan fingerprint density at radius 1 is 1.38 bits per heavy atom. The van der Waals surface area contributed by atoms with E-state index < -0.39 is 18.6 Å². The van der Waals surface area contributed by atoms with E-state index in [0.29, 0.717) is 4.90 Å². The maximum atomic E-state index is 12.6. The minimum absolute atomic E-state index is 0.0332. The fraction of sp³-hybridized carbons (Fsp3) is 0.231. The molecule has 0 aliphatic heterocycles. The predicted octanol–water partition coefficient (Wildman–Crippen LogP) is 3.53. The smallest absolute Gasteiger partial charge is 0.406 e. The van der Waals surface area contributed by atoms with Crippen LogP contribution >= 0.6 is 11.6 Å². The Labute approximate surface area is 123 Å². The minimum Gasteiger partial charge on any atom is -0.467 e. The monoisotopic (exact) mass is 318 g/mol. The summed E-state index contributed by atoms with van der Waals surface area (Å²) in [6.07, 6.45) is -1.93. The number of pyridine rings is 1. The van der Waals surface area contributed by atoms with Crippen molar-refractivity contribution in [3.05, 3.63) is 53.2 Å². The minimum atomic E-state index is -4.51. The molecule has 2 heterocycles. The maximum absolute atomic E-state index is 12.6. The number of halogens is 4. The van der Waals surface area contributed by atoms with Gasteiger partial charge in [0.05, 0.1) is 12.8 Å². The third-order valence-corrected chi connectivity index (χ3v) is 2.76. The van der Waals surface area contributed by atoms with Gasteiger partial charge >= 0.3 is 6.18 Å². The Morgan fingerprint density at radius 3 is 2.71 bits per heavy atom. The molecule has 0 fully saturated rings. The lowest BCUT2D eigenvalue weighted by Gasteiger charge is -2.23. The summed E-state index contributed by atoms with van der Waals surface area (Å²) in [5, 5.41) is 0.0332. The van der Waals surface area contributed by atoms with Gasteiger partial charge in [0.1, 0.15) is 17.5 Å². The molecular formula is C13H10ClF3N2O2. The maximum Gasteiger partial charge on any atom is 0.406 e. The molecule has 4 nitrogen and oxygen atoms in total. The van der Waals surface area contributed by atoms with E-state index in [0.717, 1.165) is 0 Å². The molecule has 0 unspecified atom stereocenters. The first-order valence-corrected chi connectivity index (χ1v) is 6.23. The molecule has 0 aliphatic carbocycles. The molecule has 2 aromatic heterocycles. The van der Waals surface area contributed by atoms with Gasteiger partial charge in [0.25, 0.3) is 5.91 Å². The molecule has 0 aliphatic rings. The second-order valence-electron chi connectivity index (χ2n) is 4.22. The SMILES string of the molecule is O=C(c1ccnc(Cl)c1)N(Cc1ccco1)CC(F)(F)F. The van der Waals surface area contributed by atoms with Crippen molar-refractivity contribution in [2.75, 3.05) is 6.54 Å². The first-order valence-electron chi connectivity index (χ1n) is 5.85. The summed E-state index contributed by atoms with van der Waals surface area (Å²) in [5.74, 6) is -0.541. The molecule has 0 N–H and O–H groups in total. The van der Waals surface area contributed by atoms with Crippen LogP contribution in [0.3, 0.4) is 0 Å². The summed E-state index contributed by atoms with van der Waals surface area (Å²) in [6, 6.07) is 5.56. The van der Waals surface area contributed by atoms with Crippen molar-refractivity contribution in [2.45, 2.75) is 12.7 Å². The molecule has 1 amide bonds. The molecule has 2 rings (SSSR count). The van der Waals surface area contributed by atoms with Gasteiger partial charge in [-0.1, -0.05) is 11.6 Å². The molecule has 2 aromatic rings. The number of hydrogen-bond acceptors (Lipinski definition) is 3. The van der Waals surface area contributed by atoms with E-state index in [4.69, 9.17) is 16.0 Å². The molecule has 8 heteroatoms. The first-order chi connectivity index (χ1) is 9.85. The fourth-order valence-corrected chi connectivity index (χ4v) is 1.90. The number of hydrogen-bond donors (Lipinski definition) is 0. The average molecular weight is 319 g/mol. The Morgan fingerprint density at radius 2 is 2.14 bits per heavy atom. The quantitative estimate of drug-likeness (QED) is 0.810. The molecule has 0 radical (unpaired) electrons. The first kappa shape index (κ1) is 15.4. The molecule has 21 heavy (non-hydrogen) atoms. The van der Waals surface area contributed by atoms with E-state index in [2.05, 4.69) is 4.98 Å². The van der Waals surface area contributed by atoms with Gasteiger partial charge < -0.3 is 9.32 Å². The van der Waals surface area contributed by atoms with Crippen molar-refractivity contribution in [2.24, 2.45) is 0 Å². The number of carbonyl (C=O) groups excluding carboxylic acids is 1. The lowest BCUT2D eigenvalue weighted by atomic mass is 10.2. The van der Waals surface area contributed by atoms with Gasteiger partial charge in [0.15, 0.2) is 0 Å². The molecular weight excluding hydrogens is 309 g/mol. The van der Waals surface area contributed by atoms with Crippen LogP contribution in [0.25, 0.3) is 0 Å². The van der Waals surface area contributed by atoms with E-state index in [1.165, 1.54) is 36.7 Å². The van der Waals surface area contributed by atoms with E-state index >= 15 is 0 Å². The number of furan rings is 1. The van der Waals surface area contributed by atoms with Crippen molar-refractivity contribution in [1.82, 2.24) is 9.88 Å². The van der Waals surface area contributed by atoms with Gasteiger partial charge in [0.2, 0.25) is 0 Å². The fourth-order valence-electron chi connectivity index (χ4n) is 1.72. The summed E-state index contributed by atoms with van der Waals surface area (Å²) >= 11 is 5.65. The Bertz CT molecular complexity index is 614. The van der Waals surface area contributed by atoms with Gasteiger partial charge in [0, 0.05) is 11.8 Å². The van der Waals surface area contributed by atoms with E-state index in [-0.39, 0.29) is 23.0 Å². The van der Waals surface area contributed by atoms with Crippen LogP contribution in [0.4, 0.5) is 13.2 Å². The van der Waals surface area contributed by atoms with Gasteiger partial charge in [-0.05, 0) is 24.3 Å². The molecule has 112 valence electrons. The number of rotatable bonds is 4. The average Bonchev–Trinajstić information content (AvgIpc) is 2.88. The van der Waals surface area contributed by atoms with E-state index in [1.54, 1.807) is 0 Å². The van der Waals surface area contributed by atoms with Gasteiger partial charge in [-0.3, -0.25) is 4.79 Å². The van der Waals surface area contributed by atoms with Crippen LogP contribution < -0.4 is 0 Å². The normalized spacial score (nSPS) is 11.4. The van der Waals surface area contributed by atoms with Crippen LogP contribution in [0.2, 0.25) is 5.15 Å².